The van der Waals surface area contributed by atoms with Gasteiger partial charge >= 0.3 is 6.61 Å². The summed E-state index contributed by atoms with van der Waals surface area (Å²) in [6.45, 7) is 0.796. The van der Waals surface area contributed by atoms with Crippen molar-refractivity contribution in [3.8, 4) is 17.0 Å². The number of alkyl halides is 2. The summed E-state index contributed by atoms with van der Waals surface area (Å²) < 4.78 is 40.7. The van der Waals surface area contributed by atoms with Crippen LogP contribution in [0, 0.1) is 0 Å². The van der Waals surface area contributed by atoms with E-state index in [0.717, 1.165) is 18.8 Å². The summed E-state index contributed by atoms with van der Waals surface area (Å²) in [4.78, 5) is 15.3. The Labute approximate surface area is 166 Å². The molecule has 154 valence electrons. The van der Waals surface area contributed by atoms with Crippen LogP contribution in [-0.2, 0) is 9.47 Å². The zero-order chi connectivity index (χ0) is 20.4. The van der Waals surface area contributed by atoms with Gasteiger partial charge in [0, 0.05) is 30.4 Å². The van der Waals surface area contributed by atoms with Crippen molar-refractivity contribution in [1.82, 2.24) is 15.0 Å². The Balaban J connectivity index is 1.72. The van der Waals surface area contributed by atoms with E-state index in [1.54, 1.807) is 12.1 Å². The second-order valence-electron chi connectivity index (χ2n) is 6.71. The predicted molar refractivity (Wildman–Crippen MR) is 102 cm³/mol. The highest BCUT2D eigenvalue weighted by molar-refractivity contribution is 5.68. The molecule has 8 nitrogen and oxygen atoms in total. The molecule has 2 saturated heterocycles. The van der Waals surface area contributed by atoms with Crippen LogP contribution in [-0.4, -0.2) is 53.5 Å². The van der Waals surface area contributed by atoms with Crippen molar-refractivity contribution < 1.29 is 23.0 Å². The number of fused-ring (bicyclic) bond motifs is 2. The molecule has 2 fully saturated rings. The van der Waals surface area contributed by atoms with Gasteiger partial charge in [-0.05, 0) is 19.4 Å². The molecule has 2 N–H and O–H groups in total. The molecule has 0 saturated carbocycles. The second kappa shape index (κ2) is 8.16. The monoisotopic (exact) mass is 405 g/mol. The third-order valence-corrected chi connectivity index (χ3v) is 4.80. The van der Waals surface area contributed by atoms with Crippen molar-refractivity contribution in [3.05, 3.63) is 30.4 Å². The van der Waals surface area contributed by atoms with Crippen molar-refractivity contribution in [1.29, 1.82) is 0 Å². The van der Waals surface area contributed by atoms with Gasteiger partial charge in [-0.25, -0.2) is 15.0 Å². The number of nitrogen functional groups attached to an aromatic ring is 1. The fourth-order valence-electron chi connectivity index (χ4n) is 3.49. The second-order valence-corrected chi connectivity index (χ2v) is 6.71. The van der Waals surface area contributed by atoms with Gasteiger partial charge in [0.05, 0.1) is 37.3 Å². The molecular weight excluding hydrogens is 384 g/mol. The summed E-state index contributed by atoms with van der Waals surface area (Å²) in [5.74, 6) is 0.851. The minimum atomic E-state index is -3.00. The lowest BCUT2D eigenvalue weighted by molar-refractivity contribution is -0.0494. The van der Waals surface area contributed by atoms with Gasteiger partial charge in [-0.3, -0.25) is 0 Å². The van der Waals surface area contributed by atoms with Crippen LogP contribution in [0.25, 0.3) is 17.3 Å². The molecule has 0 amide bonds. The van der Waals surface area contributed by atoms with Gasteiger partial charge < -0.3 is 24.8 Å². The van der Waals surface area contributed by atoms with Gasteiger partial charge in [0.25, 0.3) is 0 Å². The minimum Gasteiger partial charge on any atom is -0.501 e. The zero-order valence-electron chi connectivity index (χ0n) is 15.8. The molecule has 2 atom stereocenters. The third-order valence-electron chi connectivity index (χ3n) is 4.80. The van der Waals surface area contributed by atoms with E-state index in [9.17, 15) is 8.78 Å². The first-order valence-corrected chi connectivity index (χ1v) is 9.29. The standard InChI is InChI=1S/C19H21F2N5O3/c1-2-27-4-3-16-24-14(11-5-15(29-19(20)21)18(22)23-8-11)7-17(25-16)26-9-13-6-12(26)10-28-13/h3-5,7-8,12-13,19H,2,6,9-10H2,1H3,(H2,22,23). The molecular formula is C19H21F2N5O3. The maximum absolute atomic E-state index is 12.7. The molecule has 2 aliphatic rings. The maximum atomic E-state index is 12.7. The molecule has 2 aliphatic heterocycles. The maximum Gasteiger partial charge on any atom is 0.387 e. The molecule has 4 heterocycles. The Morgan fingerprint density at radius 3 is 2.93 bits per heavy atom. The van der Waals surface area contributed by atoms with Crippen LogP contribution >= 0.6 is 0 Å². The van der Waals surface area contributed by atoms with Gasteiger partial charge in [0.2, 0.25) is 0 Å². The van der Waals surface area contributed by atoms with Crippen molar-refractivity contribution >= 4 is 17.7 Å². The first kappa shape index (κ1) is 19.3. The van der Waals surface area contributed by atoms with Gasteiger partial charge in [0.15, 0.2) is 17.4 Å². The van der Waals surface area contributed by atoms with Crippen LogP contribution in [0.15, 0.2) is 24.6 Å². The van der Waals surface area contributed by atoms with E-state index >= 15 is 0 Å². The highest BCUT2D eigenvalue weighted by Crippen LogP contribution is 2.34. The summed E-state index contributed by atoms with van der Waals surface area (Å²) in [5, 5.41) is 0. The minimum absolute atomic E-state index is 0.117. The summed E-state index contributed by atoms with van der Waals surface area (Å²) >= 11 is 0. The Morgan fingerprint density at radius 1 is 1.38 bits per heavy atom. The third kappa shape index (κ3) is 4.21. The normalized spacial score (nSPS) is 20.8. The van der Waals surface area contributed by atoms with Crippen LogP contribution in [0.5, 0.6) is 5.75 Å². The van der Waals surface area contributed by atoms with E-state index in [0.29, 0.717) is 30.3 Å². The number of morpholine rings is 1. The van der Waals surface area contributed by atoms with E-state index < -0.39 is 6.61 Å². The average molecular weight is 405 g/mol. The quantitative estimate of drug-likeness (QED) is 0.703. The van der Waals surface area contributed by atoms with Crippen LogP contribution in [0.4, 0.5) is 20.4 Å². The number of hydrogen-bond donors (Lipinski definition) is 1. The Hall–Kier alpha value is -3.01. The number of nitrogens with zero attached hydrogens (tertiary/aromatic N) is 4. The summed E-state index contributed by atoms with van der Waals surface area (Å²) in [6, 6.07) is 3.46. The highest BCUT2D eigenvalue weighted by Gasteiger charge is 2.39. The van der Waals surface area contributed by atoms with E-state index in [2.05, 4.69) is 24.6 Å². The topological polar surface area (TPSA) is 95.6 Å². The number of pyridine rings is 1. The first-order chi connectivity index (χ1) is 14.0. The SMILES string of the molecule is CCOC=Cc1nc(-c2cnc(N)c(OC(F)F)c2)cc(N2CC3CC2CO3)n1. The van der Waals surface area contributed by atoms with E-state index in [-0.39, 0.29) is 23.7 Å². The molecule has 2 aromatic rings. The summed E-state index contributed by atoms with van der Waals surface area (Å²) in [5.41, 5.74) is 6.65. The van der Waals surface area contributed by atoms with Gasteiger partial charge in [-0.15, -0.1) is 0 Å². The molecule has 2 unspecified atom stereocenters. The van der Waals surface area contributed by atoms with Crippen LogP contribution < -0.4 is 15.4 Å². The van der Waals surface area contributed by atoms with Crippen molar-refractivity contribution in [2.24, 2.45) is 0 Å². The van der Waals surface area contributed by atoms with Gasteiger partial charge in [-0.2, -0.15) is 8.78 Å². The first-order valence-electron chi connectivity index (χ1n) is 9.29. The Morgan fingerprint density at radius 2 is 2.24 bits per heavy atom. The molecule has 10 heteroatoms. The van der Waals surface area contributed by atoms with Crippen molar-refractivity contribution in [2.75, 3.05) is 30.4 Å². The molecule has 29 heavy (non-hydrogen) atoms. The number of aromatic nitrogens is 3. The molecule has 0 aliphatic carbocycles. The van der Waals surface area contributed by atoms with E-state index in [1.807, 2.05) is 6.92 Å². The van der Waals surface area contributed by atoms with Crippen molar-refractivity contribution in [2.45, 2.75) is 32.1 Å². The lowest BCUT2D eigenvalue weighted by Crippen LogP contribution is -2.37. The molecule has 2 bridgehead atoms. The smallest absolute Gasteiger partial charge is 0.387 e. The fourth-order valence-corrected chi connectivity index (χ4v) is 3.49. The number of hydrogen-bond acceptors (Lipinski definition) is 8. The lowest BCUT2D eigenvalue weighted by atomic mass is 10.2. The lowest BCUT2D eigenvalue weighted by Gasteiger charge is -2.28. The average Bonchev–Trinajstić information content (AvgIpc) is 3.33. The largest absolute Gasteiger partial charge is 0.501 e. The number of nitrogens with two attached hydrogens (primary N) is 1. The summed E-state index contributed by atoms with van der Waals surface area (Å²) in [6.07, 6.45) is 5.80. The van der Waals surface area contributed by atoms with Crippen molar-refractivity contribution in [3.63, 3.8) is 0 Å². The fraction of sp³-hybridized carbons (Fsp3) is 0.421. The van der Waals surface area contributed by atoms with E-state index in [4.69, 9.17) is 15.2 Å². The Kier molecular flexibility index (Phi) is 5.43. The number of rotatable bonds is 7. The van der Waals surface area contributed by atoms with Gasteiger partial charge in [0.1, 0.15) is 5.82 Å². The summed E-state index contributed by atoms with van der Waals surface area (Å²) in [7, 11) is 0. The Bertz CT molecular complexity index is 911. The van der Waals surface area contributed by atoms with Gasteiger partial charge in [-0.1, -0.05) is 0 Å². The predicted octanol–water partition coefficient (Wildman–Crippen LogP) is 2.71. The molecule has 0 spiro atoms. The van der Waals surface area contributed by atoms with Crippen LogP contribution in [0.2, 0.25) is 0 Å². The van der Waals surface area contributed by atoms with Crippen LogP contribution in [0.3, 0.4) is 0 Å². The molecule has 4 rings (SSSR count). The molecule has 0 radical (unpaired) electrons. The van der Waals surface area contributed by atoms with Crippen LogP contribution in [0.1, 0.15) is 19.2 Å². The van der Waals surface area contributed by atoms with E-state index in [1.165, 1.54) is 18.5 Å². The highest BCUT2D eigenvalue weighted by atomic mass is 19.3. The number of halogens is 2. The molecule has 2 aromatic heterocycles. The number of ether oxygens (including phenoxy) is 3. The zero-order valence-corrected chi connectivity index (χ0v) is 15.8. The molecule has 0 aromatic carbocycles. The number of anilines is 2.